The molecule has 8 nitrogen and oxygen atoms in total. The van der Waals surface area contributed by atoms with Crippen LogP contribution in [0.1, 0.15) is 32.4 Å². The van der Waals surface area contributed by atoms with Gasteiger partial charge in [0.05, 0.1) is 40.1 Å². The van der Waals surface area contributed by atoms with Crippen molar-refractivity contribution in [1.29, 1.82) is 0 Å². The molecule has 3 heterocycles. The predicted molar refractivity (Wildman–Crippen MR) is 115 cm³/mol. The Labute approximate surface area is 177 Å². The summed E-state index contributed by atoms with van der Waals surface area (Å²) in [6, 6.07) is 6.74. The molecule has 0 saturated heterocycles. The molecule has 2 N–H and O–H groups in total. The zero-order valence-electron chi connectivity index (χ0n) is 16.6. The third-order valence-electron chi connectivity index (χ3n) is 4.48. The van der Waals surface area contributed by atoms with E-state index in [0.29, 0.717) is 33.5 Å². The van der Waals surface area contributed by atoms with E-state index in [-0.39, 0.29) is 17.7 Å². The van der Waals surface area contributed by atoms with E-state index < -0.39 is 0 Å². The van der Waals surface area contributed by atoms with Gasteiger partial charge < -0.3 is 19.6 Å². The number of H-pyrrole nitrogens is 1. The van der Waals surface area contributed by atoms with Crippen LogP contribution in [0.4, 0.5) is 5.95 Å². The highest BCUT2D eigenvalue weighted by atomic mass is 35.5. The molecule has 3 aromatic heterocycles. The number of rotatable bonds is 6. The van der Waals surface area contributed by atoms with Gasteiger partial charge in [-0.3, -0.25) is 4.79 Å². The standard InChI is InChI=1S/C21H20ClN5O3/c1-11(2)30-19-8-18-13(7-16(19)22)6-15(20(28)26-18)12(3)25-21-23-5-4-17(27-21)14-9-24-29-10-14/h4-12H,1-3H3,(H,26,28)(H,23,25,27)/t12-/m0/s1. The van der Waals surface area contributed by atoms with Crippen molar-refractivity contribution in [3.8, 4) is 17.0 Å². The van der Waals surface area contributed by atoms with Crippen molar-refractivity contribution in [1.82, 2.24) is 20.1 Å². The molecule has 0 aliphatic rings. The molecule has 0 saturated carbocycles. The molecule has 30 heavy (non-hydrogen) atoms. The molecule has 0 fully saturated rings. The highest BCUT2D eigenvalue weighted by molar-refractivity contribution is 6.32. The number of nitrogens with zero attached hydrogens (tertiary/aromatic N) is 3. The Kier molecular flexibility index (Phi) is 5.41. The fraction of sp³-hybridized carbons (Fsp3) is 0.238. The van der Waals surface area contributed by atoms with Crippen LogP contribution in [0, 0.1) is 0 Å². The van der Waals surface area contributed by atoms with Crippen LogP contribution in [0.3, 0.4) is 0 Å². The molecule has 4 rings (SSSR count). The molecule has 0 aliphatic carbocycles. The highest BCUT2D eigenvalue weighted by Gasteiger charge is 2.15. The monoisotopic (exact) mass is 425 g/mol. The summed E-state index contributed by atoms with van der Waals surface area (Å²) < 4.78 is 10.6. The lowest BCUT2D eigenvalue weighted by molar-refractivity contribution is 0.243. The van der Waals surface area contributed by atoms with Crippen molar-refractivity contribution >= 4 is 28.5 Å². The zero-order chi connectivity index (χ0) is 21.3. The van der Waals surface area contributed by atoms with Gasteiger partial charge in [-0.15, -0.1) is 0 Å². The maximum atomic E-state index is 12.7. The first-order valence-electron chi connectivity index (χ1n) is 9.43. The fourth-order valence-corrected chi connectivity index (χ4v) is 3.30. The number of halogens is 1. The number of hydrogen-bond donors (Lipinski definition) is 2. The summed E-state index contributed by atoms with van der Waals surface area (Å²) in [4.78, 5) is 24.3. The first-order valence-corrected chi connectivity index (χ1v) is 9.81. The van der Waals surface area contributed by atoms with Crippen LogP contribution in [0.2, 0.25) is 5.02 Å². The van der Waals surface area contributed by atoms with Crippen LogP contribution in [0.25, 0.3) is 22.2 Å². The lowest BCUT2D eigenvalue weighted by Crippen LogP contribution is -2.20. The second kappa shape index (κ2) is 8.16. The van der Waals surface area contributed by atoms with Gasteiger partial charge >= 0.3 is 0 Å². The lowest BCUT2D eigenvalue weighted by Gasteiger charge is -2.16. The molecule has 154 valence electrons. The van der Waals surface area contributed by atoms with Crippen molar-refractivity contribution in [2.45, 2.75) is 32.9 Å². The molecule has 0 aliphatic heterocycles. The molecular formula is C21H20ClN5O3. The third kappa shape index (κ3) is 4.13. The van der Waals surface area contributed by atoms with Crippen molar-refractivity contribution in [3.05, 3.63) is 63.9 Å². The number of nitrogens with one attached hydrogen (secondary N) is 2. The number of fused-ring (bicyclic) bond motifs is 1. The fourth-order valence-electron chi connectivity index (χ4n) is 3.08. The molecule has 0 radical (unpaired) electrons. The Morgan fingerprint density at radius 2 is 2.07 bits per heavy atom. The smallest absolute Gasteiger partial charge is 0.253 e. The Morgan fingerprint density at radius 1 is 1.23 bits per heavy atom. The quantitative estimate of drug-likeness (QED) is 0.465. The molecule has 4 aromatic rings. The second-order valence-corrected chi connectivity index (χ2v) is 7.54. The Hall–Kier alpha value is -3.39. The van der Waals surface area contributed by atoms with E-state index in [9.17, 15) is 4.79 Å². The minimum atomic E-state index is -0.346. The van der Waals surface area contributed by atoms with E-state index >= 15 is 0 Å². The molecule has 0 spiro atoms. The van der Waals surface area contributed by atoms with Crippen LogP contribution in [0.5, 0.6) is 5.75 Å². The largest absolute Gasteiger partial charge is 0.489 e. The number of aromatic nitrogens is 4. The average molecular weight is 426 g/mol. The van der Waals surface area contributed by atoms with Gasteiger partial charge in [0, 0.05) is 23.2 Å². The Bertz CT molecular complexity index is 1240. The Balaban J connectivity index is 1.63. The minimum Gasteiger partial charge on any atom is -0.489 e. The zero-order valence-corrected chi connectivity index (χ0v) is 17.4. The summed E-state index contributed by atoms with van der Waals surface area (Å²) in [5.41, 5.74) is 2.39. The molecule has 0 amide bonds. The SMILES string of the molecule is CC(C)Oc1cc2[nH]c(=O)c([C@H](C)Nc3nccc(-c4cnoc4)n3)cc2cc1Cl. The summed E-state index contributed by atoms with van der Waals surface area (Å²) >= 11 is 6.35. The van der Waals surface area contributed by atoms with Gasteiger partial charge in [0.25, 0.3) is 5.56 Å². The average Bonchev–Trinajstić information content (AvgIpc) is 3.23. The summed E-state index contributed by atoms with van der Waals surface area (Å²) in [5, 5.41) is 8.14. The summed E-state index contributed by atoms with van der Waals surface area (Å²) in [6.45, 7) is 5.70. The first kappa shape index (κ1) is 19.9. The first-order chi connectivity index (χ1) is 14.4. The molecule has 9 heteroatoms. The van der Waals surface area contributed by atoms with Crippen molar-refractivity contribution in [3.63, 3.8) is 0 Å². The van der Waals surface area contributed by atoms with Crippen molar-refractivity contribution in [2.24, 2.45) is 0 Å². The van der Waals surface area contributed by atoms with Crippen LogP contribution in [-0.2, 0) is 0 Å². The molecule has 0 unspecified atom stereocenters. The molecule has 0 bridgehead atoms. The number of benzene rings is 1. The Morgan fingerprint density at radius 3 is 2.80 bits per heavy atom. The summed E-state index contributed by atoms with van der Waals surface area (Å²) in [7, 11) is 0. The van der Waals surface area contributed by atoms with Gasteiger partial charge in [0.15, 0.2) is 0 Å². The second-order valence-electron chi connectivity index (χ2n) is 7.13. The van der Waals surface area contributed by atoms with Gasteiger partial charge in [-0.1, -0.05) is 16.8 Å². The van der Waals surface area contributed by atoms with E-state index in [1.807, 2.05) is 20.8 Å². The predicted octanol–water partition coefficient (Wildman–Crippen LogP) is 4.59. The molecular weight excluding hydrogens is 406 g/mol. The van der Waals surface area contributed by atoms with E-state index in [4.69, 9.17) is 20.9 Å². The molecule has 1 atom stereocenters. The van der Waals surface area contributed by atoms with Gasteiger partial charge in [-0.25, -0.2) is 9.97 Å². The maximum absolute atomic E-state index is 12.7. The van der Waals surface area contributed by atoms with Crippen molar-refractivity contribution in [2.75, 3.05) is 5.32 Å². The van der Waals surface area contributed by atoms with E-state index in [2.05, 4.69) is 25.4 Å². The number of anilines is 1. The normalized spacial score (nSPS) is 12.3. The van der Waals surface area contributed by atoms with E-state index in [0.717, 1.165) is 10.9 Å². The summed E-state index contributed by atoms with van der Waals surface area (Å²) in [6.07, 6.45) is 4.68. The van der Waals surface area contributed by atoms with Gasteiger partial charge in [0.1, 0.15) is 12.0 Å². The topological polar surface area (TPSA) is 106 Å². The van der Waals surface area contributed by atoms with Gasteiger partial charge in [-0.2, -0.15) is 0 Å². The minimum absolute atomic E-state index is 0.0243. The van der Waals surface area contributed by atoms with E-state index in [1.165, 1.54) is 6.26 Å². The number of aromatic amines is 1. The number of hydrogen-bond acceptors (Lipinski definition) is 7. The van der Waals surface area contributed by atoms with Gasteiger partial charge in [0.2, 0.25) is 5.95 Å². The van der Waals surface area contributed by atoms with Crippen LogP contribution < -0.4 is 15.6 Å². The maximum Gasteiger partial charge on any atom is 0.253 e. The number of pyridine rings is 1. The van der Waals surface area contributed by atoms with Crippen LogP contribution in [-0.4, -0.2) is 26.2 Å². The van der Waals surface area contributed by atoms with Crippen LogP contribution in [0.15, 0.2) is 52.2 Å². The van der Waals surface area contributed by atoms with Crippen LogP contribution >= 0.6 is 11.6 Å². The van der Waals surface area contributed by atoms with Crippen molar-refractivity contribution < 1.29 is 9.26 Å². The third-order valence-corrected chi connectivity index (χ3v) is 4.78. The summed E-state index contributed by atoms with van der Waals surface area (Å²) in [5.74, 6) is 0.923. The number of ether oxygens (including phenoxy) is 1. The van der Waals surface area contributed by atoms with Gasteiger partial charge in [-0.05, 0) is 39.0 Å². The lowest BCUT2D eigenvalue weighted by atomic mass is 10.1. The van der Waals surface area contributed by atoms with E-state index in [1.54, 1.807) is 36.7 Å². The molecule has 1 aromatic carbocycles. The highest BCUT2D eigenvalue weighted by Crippen LogP contribution is 2.30.